The predicted octanol–water partition coefficient (Wildman–Crippen LogP) is 0.981. The number of rotatable bonds is 6. The van der Waals surface area contributed by atoms with Crippen LogP contribution in [0.4, 0.5) is 0 Å². The zero-order chi connectivity index (χ0) is 14.5. The summed E-state index contributed by atoms with van der Waals surface area (Å²) >= 11 is 0. The van der Waals surface area contributed by atoms with Crippen molar-refractivity contribution in [3.63, 3.8) is 0 Å². The molecule has 0 radical (unpaired) electrons. The second kappa shape index (κ2) is 7.38. The largest absolute Gasteiger partial charge is 0.376 e. The molecular weight excluding hydrogens is 256 g/mol. The van der Waals surface area contributed by atoms with Gasteiger partial charge in [-0.3, -0.25) is 4.79 Å². The molecule has 2 fully saturated rings. The minimum atomic E-state index is 0.116. The number of hydrogen-bond acceptors (Lipinski definition) is 4. The lowest BCUT2D eigenvalue weighted by Gasteiger charge is -2.23. The summed E-state index contributed by atoms with van der Waals surface area (Å²) in [6, 6.07) is 0.474. The van der Waals surface area contributed by atoms with Crippen molar-refractivity contribution in [2.24, 2.45) is 5.92 Å². The number of hydrogen-bond donors (Lipinski definition) is 0. The number of nitrogens with zero attached hydrogens (tertiary/aromatic N) is 2. The molecule has 0 aliphatic carbocycles. The van der Waals surface area contributed by atoms with Crippen LogP contribution in [-0.4, -0.2) is 74.9 Å². The molecule has 2 aliphatic rings. The Hall–Kier alpha value is -0.650. The Morgan fingerprint density at radius 1 is 1.40 bits per heavy atom. The third-order valence-electron chi connectivity index (χ3n) is 4.50. The number of likely N-dealkylation sites (tertiary alicyclic amines) is 1. The maximum atomic E-state index is 12.2. The Morgan fingerprint density at radius 3 is 2.75 bits per heavy atom. The van der Waals surface area contributed by atoms with Crippen molar-refractivity contribution in [2.75, 3.05) is 47.0 Å². The molecule has 2 heterocycles. The normalized spacial score (nSPS) is 30.4. The Labute approximate surface area is 122 Å². The number of amides is 1. The highest BCUT2D eigenvalue weighted by Crippen LogP contribution is 2.23. The van der Waals surface area contributed by atoms with E-state index in [0.29, 0.717) is 18.6 Å². The topological polar surface area (TPSA) is 42.0 Å². The summed E-state index contributed by atoms with van der Waals surface area (Å²) < 4.78 is 11.0. The van der Waals surface area contributed by atoms with Gasteiger partial charge in [0.25, 0.3) is 0 Å². The molecular formula is C15H28N2O3. The van der Waals surface area contributed by atoms with E-state index in [9.17, 15) is 4.79 Å². The Morgan fingerprint density at radius 2 is 2.20 bits per heavy atom. The molecule has 116 valence electrons. The van der Waals surface area contributed by atoms with Crippen molar-refractivity contribution < 1.29 is 14.3 Å². The maximum absolute atomic E-state index is 12.2. The number of likely N-dealkylation sites (N-methyl/N-ethyl adjacent to an activating group) is 1. The zero-order valence-corrected chi connectivity index (χ0v) is 13.0. The highest BCUT2D eigenvalue weighted by molar-refractivity contribution is 5.77. The van der Waals surface area contributed by atoms with Gasteiger partial charge in [-0.1, -0.05) is 13.3 Å². The lowest BCUT2D eigenvalue weighted by atomic mass is 10.0. The average molecular weight is 284 g/mol. The predicted molar refractivity (Wildman–Crippen MR) is 77.6 cm³/mol. The van der Waals surface area contributed by atoms with E-state index in [0.717, 1.165) is 39.0 Å². The number of carbonyl (C=O) groups is 1. The summed E-state index contributed by atoms with van der Waals surface area (Å²) in [7, 11) is 4.18. The summed E-state index contributed by atoms with van der Waals surface area (Å²) in [6.07, 6.45) is 3.47. The van der Waals surface area contributed by atoms with Gasteiger partial charge in [-0.05, 0) is 32.9 Å². The van der Waals surface area contributed by atoms with Crippen molar-refractivity contribution in [2.45, 2.75) is 38.3 Å². The van der Waals surface area contributed by atoms with E-state index in [2.05, 4.69) is 25.9 Å². The highest BCUT2D eigenvalue weighted by Gasteiger charge is 2.35. The van der Waals surface area contributed by atoms with Crippen LogP contribution in [0, 0.1) is 5.92 Å². The van der Waals surface area contributed by atoms with Crippen molar-refractivity contribution in [3.05, 3.63) is 0 Å². The van der Waals surface area contributed by atoms with E-state index in [-0.39, 0.29) is 18.6 Å². The van der Waals surface area contributed by atoms with E-state index in [1.54, 1.807) is 0 Å². The van der Waals surface area contributed by atoms with Crippen LogP contribution >= 0.6 is 0 Å². The summed E-state index contributed by atoms with van der Waals surface area (Å²) in [5, 5.41) is 0. The first-order valence-electron chi connectivity index (χ1n) is 7.75. The maximum Gasteiger partial charge on any atom is 0.248 e. The van der Waals surface area contributed by atoms with Gasteiger partial charge in [0.1, 0.15) is 6.61 Å². The van der Waals surface area contributed by atoms with Crippen LogP contribution in [0.2, 0.25) is 0 Å². The Balaban J connectivity index is 1.72. The van der Waals surface area contributed by atoms with Gasteiger partial charge < -0.3 is 19.3 Å². The molecule has 2 saturated heterocycles. The van der Waals surface area contributed by atoms with Gasteiger partial charge in [-0.25, -0.2) is 0 Å². The molecule has 2 aliphatic heterocycles. The van der Waals surface area contributed by atoms with E-state index in [1.165, 1.54) is 0 Å². The molecule has 5 nitrogen and oxygen atoms in total. The van der Waals surface area contributed by atoms with Crippen LogP contribution in [-0.2, 0) is 14.3 Å². The van der Waals surface area contributed by atoms with Gasteiger partial charge in [0.05, 0.1) is 12.7 Å². The molecule has 20 heavy (non-hydrogen) atoms. The van der Waals surface area contributed by atoms with Crippen molar-refractivity contribution in [3.8, 4) is 0 Å². The van der Waals surface area contributed by atoms with E-state index in [1.807, 2.05) is 4.90 Å². The van der Waals surface area contributed by atoms with Crippen molar-refractivity contribution in [1.82, 2.24) is 9.80 Å². The van der Waals surface area contributed by atoms with E-state index < -0.39 is 0 Å². The van der Waals surface area contributed by atoms with E-state index >= 15 is 0 Å². The van der Waals surface area contributed by atoms with Gasteiger partial charge in [0, 0.05) is 25.7 Å². The molecule has 5 heteroatoms. The van der Waals surface area contributed by atoms with Crippen LogP contribution in [0.3, 0.4) is 0 Å². The lowest BCUT2D eigenvalue weighted by molar-refractivity contribution is -0.136. The smallest absolute Gasteiger partial charge is 0.248 e. The SMILES string of the molecule is CC[C@@H]1CN(C(=O)COC[C@H]2CCCO2)C[C@H]1N(C)C. The number of ether oxygens (including phenoxy) is 2. The standard InChI is InChI=1S/C15H28N2O3/c1-4-12-8-17(9-14(12)16(2)3)15(18)11-19-10-13-6-5-7-20-13/h12-14H,4-11H2,1-3H3/t12-,13-,14-/m1/s1. The van der Waals surface area contributed by atoms with Gasteiger partial charge >= 0.3 is 0 Å². The van der Waals surface area contributed by atoms with Crippen LogP contribution in [0.25, 0.3) is 0 Å². The molecule has 0 N–H and O–H groups in total. The van der Waals surface area contributed by atoms with Crippen LogP contribution < -0.4 is 0 Å². The van der Waals surface area contributed by atoms with Crippen LogP contribution in [0.5, 0.6) is 0 Å². The first kappa shape index (κ1) is 15.7. The first-order chi connectivity index (χ1) is 9.61. The monoisotopic (exact) mass is 284 g/mol. The molecule has 0 spiro atoms. The Kier molecular flexibility index (Phi) is 5.81. The summed E-state index contributed by atoms with van der Waals surface area (Å²) in [5.41, 5.74) is 0. The molecule has 2 rings (SSSR count). The third-order valence-corrected chi connectivity index (χ3v) is 4.50. The zero-order valence-electron chi connectivity index (χ0n) is 13.0. The second-order valence-corrected chi connectivity index (χ2v) is 6.15. The van der Waals surface area contributed by atoms with Crippen molar-refractivity contribution in [1.29, 1.82) is 0 Å². The van der Waals surface area contributed by atoms with Crippen LogP contribution in [0.1, 0.15) is 26.2 Å². The second-order valence-electron chi connectivity index (χ2n) is 6.15. The molecule has 0 bridgehead atoms. The molecule has 0 aromatic heterocycles. The lowest BCUT2D eigenvalue weighted by Crippen LogP contribution is -2.37. The minimum Gasteiger partial charge on any atom is -0.376 e. The first-order valence-corrected chi connectivity index (χ1v) is 7.75. The third kappa shape index (κ3) is 3.93. The summed E-state index contributed by atoms with van der Waals surface area (Å²) in [6.45, 7) is 5.46. The summed E-state index contributed by atoms with van der Waals surface area (Å²) in [4.78, 5) is 16.4. The fourth-order valence-corrected chi connectivity index (χ4v) is 3.19. The number of carbonyl (C=O) groups excluding carboxylic acids is 1. The fraction of sp³-hybridized carbons (Fsp3) is 0.933. The van der Waals surface area contributed by atoms with E-state index in [4.69, 9.17) is 9.47 Å². The molecule has 0 saturated carbocycles. The average Bonchev–Trinajstić information content (AvgIpc) is 3.07. The van der Waals surface area contributed by atoms with Gasteiger partial charge in [-0.2, -0.15) is 0 Å². The molecule has 0 unspecified atom stereocenters. The van der Waals surface area contributed by atoms with Crippen LogP contribution in [0.15, 0.2) is 0 Å². The minimum absolute atomic E-state index is 0.116. The Bertz CT molecular complexity index is 316. The molecule has 0 aromatic carbocycles. The quantitative estimate of drug-likeness (QED) is 0.729. The van der Waals surface area contributed by atoms with Gasteiger partial charge in [0.15, 0.2) is 0 Å². The summed E-state index contributed by atoms with van der Waals surface area (Å²) in [5.74, 6) is 0.693. The molecule has 3 atom stereocenters. The van der Waals surface area contributed by atoms with Crippen molar-refractivity contribution >= 4 is 5.91 Å². The van der Waals surface area contributed by atoms with Gasteiger partial charge in [-0.15, -0.1) is 0 Å². The highest BCUT2D eigenvalue weighted by atomic mass is 16.5. The molecule has 1 amide bonds. The molecule has 0 aromatic rings. The van der Waals surface area contributed by atoms with Gasteiger partial charge in [0.2, 0.25) is 5.91 Å². The fourth-order valence-electron chi connectivity index (χ4n) is 3.19.